The highest BCUT2D eigenvalue weighted by atomic mass is 16.5. The molecule has 0 saturated heterocycles. The molecule has 1 atom stereocenters. The number of benzene rings is 1. The molecule has 0 aliphatic carbocycles. The SMILES string of the molecule is COC(=O)CN(Cc1ccccc1)C(=O)C(C)CC(C)=O. The van der Waals surface area contributed by atoms with E-state index >= 15 is 0 Å². The second kappa shape index (κ2) is 8.19. The van der Waals surface area contributed by atoms with Crippen molar-refractivity contribution in [2.75, 3.05) is 13.7 Å². The number of hydrogen-bond acceptors (Lipinski definition) is 4. The summed E-state index contributed by atoms with van der Waals surface area (Å²) in [5.41, 5.74) is 0.921. The Labute approximate surface area is 124 Å². The van der Waals surface area contributed by atoms with Gasteiger partial charge < -0.3 is 14.4 Å². The van der Waals surface area contributed by atoms with Gasteiger partial charge in [0, 0.05) is 18.9 Å². The van der Waals surface area contributed by atoms with Gasteiger partial charge in [0.2, 0.25) is 5.91 Å². The Morgan fingerprint density at radius 3 is 2.33 bits per heavy atom. The Hall–Kier alpha value is -2.17. The summed E-state index contributed by atoms with van der Waals surface area (Å²) in [6.07, 6.45) is 0.172. The number of carbonyl (C=O) groups excluding carboxylic acids is 3. The number of hydrogen-bond donors (Lipinski definition) is 0. The van der Waals surface area contributed by atoms with E-state index in [9.17, 15) is 14.4 Å². The molecular formula is C16H21NO4. The quantitative estimate of drug-likeness (QED) is 0.719. The normalized spacial score (nSPS) is 11.6. The molecule has 0 spiro atoms. The average Bonchev–Trinajstić information content (AvgIpc) is 2.46. The number of ketones is 1. The fourth-order valence-corrected chi connectivity index (χ4v) is 2.07. The molecule has 1 unspecified atom stereocenters. The van der Waals surface area contributed by atoms with Gasteiger partial charge in [-0.3, -0.25) is 9.59 Å². The highest BCUT2D eigenvalue weighted by molar-refractivity contribution is 5.87. The zero-order valence-electron chi connectivity index (χ0n) is 12.7. The second-order valence-corrected chi connectivity index (χ2v) is 5.06. The van der Waals surface area contributed by atoms with Crippen molar-refractivity contribution >= 4 is 17.7 Å². The van der Waals surface area contributed by atoms with Gasteiger partial charge in [0.05, 0.1) is 7.11 Å². The van der Waals surface area contributed by atoms with Crippen molar-refractivity contribution in [1.82, 2.24) is 4.90 Å². The van der Waals surface area contributed by atoms with Gasteiger partial charge in [-0.1, -0.05) is 37.3 Å². The highest BCUT2D eigenvalue weighted by Gasteiger charge is 2.24. The van der Waals surface area contributed by atoms with Crippen LogP contribution >= 0.6 is 0 Å². The number of amides is 1. The van der Waals surface area contributed by atoms with E-state index in [1.54, 1.807) is 6.92 Å². The van der Waals surface area contributed by atoms with Crippen LogP contribution in [0.25, 0.3) is 0 Å². The van der Waals surface area contributed by atoms with Crippen LogP contribution in [0, 0.1) is 5.92 Å². The van der Waals surface area contributed by atoms with Crippen molar-refractivity contribution in [3.8, 4) is 0 Å². The van der Waals surface area contributed by atoms with Gasteiger partial charge in [0.1, 0.15) is 12.3 Å². The van der Waals surface area contributed by atoms with Gasteiger partial charge in [-0.2, -0.15) is 0 Å². The summed E-state index contributed by atoms with van der Waals surface area (Å²) < 4.78 is 4.63. The molecule has 1 aromatic rings. The van der Waals surface area contributed by atoms with E-state index in [0.717, 1.165) is 5.56 Å². The van der Waals surface area contributed by atoms with Gasteiger partial charge in [-0.15, -0.1) is 0 Å². The molecule has 1 rings (SSSR count). The molecule has 0 aliphatic heterocycles. The highest BCUT2D eigenvalue weighted by Crippen LogP contribution is 2.12. The maximum absolute atomic E-state index is 12.4. The van der Waals surface area contributed by atoms with Gasteiger partial charge in [0.25, 0.3) is 0 Å². The summed E-state index contributed by atoms with van der Waals surface area (Å²) in [7, 11) is 1.28. The maximum atomic E-state index is 12.4. The van der Waals surface area contributed by atoms with Crippen molar-refractivity contribution in [2.24, 2.45) is 5.92 Å². The maximum Gasteiger partial charge on any atom is 0.325 e. The van der Waals surface area contributed by atoms with Gasteiger partial charge in [-0.25, -0.2) is 0 Å². The topological polar surface area (TPSA) is 63.7 Å². The van der Waals surface area contributed by atoms with E-state index in [4.69, 9.17) is 0 Å². The third kappa shape index (κ3) is 5.77. The average molecular weight is 291 g/mol. The molecule has 0 heterocycles. The van der Waals surface area contributed by atoms with Crippen LogP contribution in [0.5, 0.6) is 0 Å². The van der Waals surface area contributed by atoms with Crippen LogP contribution in [-0.4, -0.2) is 36.2 Å². The number of Topliss-reactive ketones (excluding diaryl/α,β-unsaturated/α-hetero) is 1. The minimum absolute atomic E-state index is 0.0476. The molecule has 21 heavy (non-hydrogen) atoms. The molecule has 0 aromatic heterocycles. The van der Waals surface area contributed by atoms with Crippen molar-refractivity contribution in [3.63, 3.8) is 0 Å². The number of carbonyl (C=O) groups is 3. The first-order valence-electron chi connectivity index (χ1n) is 6.83. The predicted octanol–water partition coefficient (Wildman–Crippen LogP) is 1.80. The number of methoxy groups -OCH3 is 1. The summed E-state index contributed by atoms with van der Waals surface area (Å²) in [4.78, 5) is 36.5. The zero-order chi connectivity index (χ0) is 15.8. The monoisotopic (exact) mass is 291 g/mol. The molecule has 0 saturated carbocycles. The number of ether oxygens (including phenoxy) is 1. The Morgan fingerprint density at radius 1 is 1.19 bits per heavy atom. The lowest BCUT2D eigenvalue weighted by Gasteiger charge is -2.24. The fourth-order valence-electron chi connectivity index (χ4n) is 2.07. The van der Waals surface area contributed by atoms with Crippen molar-refractivity contribution in [1.29, 1.82) is 0 Å². The first-order valence-corrected chi connectivity index (χ1v) is 6.83. The van der Waals surface area contributed by atoms with E-state index in [1.807, 2.05) is 30.3 Å². The molecule has 5 nitrogen and oxygen atoms in total. The molecule has 5 heteroatoms. The van der Waals surface area contributed by atoms with Crippen LogP contribution < -0.4 is 0 Å². The lowest BCUT2D eigenvalue weighted by Crippen LogP contribution is -2.39. The molecule has 1 amide bonds. The van der Waals surface area contributed by atoms with E-state index < -0.39 is 11.9 Å². The van der Waals surface area contributed by atoms with E-state index in [1.165, 1.54) is 18.9 Å². The summed E-state index contributed by atoms with van der Waals surface area (Å²) in [5.74, 6) is -1.20. The molecule has 0 bridgehead atoms. The largest absolute Gasteiger partial charge is 0.468 e. The van der Waals surface area contributed by atoms with E-state index in [-0.39, 0.29) is 24.7 Å². The van der Waals surface area contributed by atoms with Crippen LogP contribution in [-0.2, 0) is 25.7 Å². The van der Waals surface area contributed by atoms with Crippen molar-refractivity contribution in [2.45, 2.75) is 26.8 Å². The van der Waals surface area contributed by atoms with Crippen LogP contribution in [0.1, 0.15) is 25.8 Å². The van der Waals surface area contributed by atoms with Gasteiger partial charge in [0.15, 0.2) is 0 Å². The van der Waals surface area contributed by atoms with Crippen LogP contribution in [0.15, 0.2) is 30.3 Å². The number of rotatable bonds is 7. The summed E-state index contributed by atoms with van der Waals surface area (Å²) in [5, 5.41) is 0. The van der Waals surface area contributed by atoms with Gasteiger partial charge >= 0.3 is 5.97 Å². The smallest absolute Gasteiger partial charge is 0.325 e. The van der Waals surface area contributed by atoms with Crippen LogP contribution in [0.4, 0.5) is 0 Å². The van der Waals surface area contributed by atoms with Gasteiger partial charge in [-0.05, 0) is 12.5 Å². The fraction of sp³-hybridized carbons (Fsp3) is 0.438. The zero-order valence-corrected chi connectivity index (χ0v) is 12.7. The first kappa shape index (κ1) is 16.9. The summed E-state index contributed by atoms with van der Waals surface area (Å²) in [6, 6.07) is 9.39. The molecule has 0 fully saturated rings. The Balaban J connectivity index is 2.83. The molecule has 0 N–H and O–H groups in total. The Morgan fingerprint density at radius 2 is 1.81 bits per heavy atom. The molecule has 1 aromatic carbocycles. The number of nitrogens with zero attached hydrogens (tertiary/aromatic N) is 1. The molecule has 114 valence electrons. The lowest BCUT2D eigenvalue weighted by molar-refractivity contribution is -0.149. The molecular weight excluding hydrogens is 270 g/mol. The number of esters is 1. The van der Waals surface area contributed by atoms with Crippen LogP contribution in [0.3, 0.4) is 0 Å². The minimum atomic E-state index is -0.477. The van der Waals surface area contributed by atoms with Crippen molar-refractivity contribution < 1.29 is 19.1 Å². The predicted molar refractivity (Wildman–Crippen MR) is 78.3 cm³/mol. The third-order valence-corrected chi connectivity index (χ3v) is 3.09. The summed E-state index contributed by atoms with van der Waals surface area (Å²) >= 11 is 0. The minimum Gasteiger partial charge on any atom is -0.468 e. The summed E-state index contributed by atoms with van der Waals surface area (Å²) in [6.45, 7) is 3.34. The van der Waals surface area contributed by atoms with E-state index in [2.05, 4.69) is 4.74 Å². The Kier molecular flexibility index (Phi) is 6.59. The van der Waals surface area contributed by atoms with Crippen molar-refractivity contribution in [3.05, 3.63) is 35.9 Å². The molecule has 0 aliphatic rings. The Bertz CT molecular complexity index is 498. The lowest BCUT2D eigenvalue weighted by atomic mass is 10.0. The third-order valence-electron chi connectivity index (χ3n) is 3.09. The first-order chi connectivity index (χ1) is 9.93. The van der Waals surface area contributed by atoms with E-state index in [0.29, 0.717) is 6.54 Å². The molecule has 0 radical (unpaired) electrons. The van der Waals surface area contributed by atoms with Crippen LogP contribution in [0.2, 0.25) is 0 Å². The second-order valence-electron chi connectivity index (χ2n) is 5.06. The standard InChI is InChI=1S/C16H21NO4/c1-12(9-13(2)18)16(20)17(11-15(19)21-3)10-14-7-5-4-6-8-14/h4-8,12H,9-11H2,1-3H3.